The molecule has 8 nitrogen and oxygen atoms in total. The molecule has 0 radical (unpaired) electrons. The molecule has 0 spiro atoms. The van der Waals surface area contributed by atoms with E-state index in [1.165, 1.54) is 28.0 Å². The third-order valence-electron chi connectivity index (χ3n) is 6.40. The van der Waals surface area contributed by atoms with Crippen LogP contribution in [-0.4, -0.2) is 36.3 Å². The number of benzene rings is 3. The van der Waals surface area contributed by atoms with Crippen LogP contribution in [0.5, 0.6) is 5.75 Å². The normalized spacial score (nSPS) is 14.6. The zero-order valence-electron chi connectivity index (χ0n) is 22.9. The number of hydrogen-bond acceptors (Lipinski definition) is 8. The van der Waals surface area contributed by atoms with Gasteiger partial charge >= 0.3 is 11.9 Å². The highest BCUT2D eigenvalue weighted by atomic mass is 32.1. The van der Waals surface area contributed by atoms with Crippen LogP contribution in [0.3, 0.4) is 0 Å². The number of carbonyl (C=O) groups is 2. The maximum atomic E-state index is 13.9. The van der Waals surface area contributed by atoms with Crippen molar-refractivity contribution in [3.63, 3.8) is 0 Å². The van der Waals surface area contributed by atoms with Gasteiger partial charge in [0.15, 0.2) is 11.4 Å². The molecule has 2 heterocycles. The predicted molar refractivity (Wildman–Crippen MR) is 156 cm³/mol. The second-order valence-electron chi connectivity index (χ2n) is 9.15. The highest BCUT2D eigenvalue weighted by Gasteiger charge is 2.35. The molecule has 0 amide bonds. The Hall–Kier alpha value is -4.83. The molecule has 214 valence electrons. The Morgan fingerprint density at radius 3 is 2.31 bits per heavy atom. The van der Waals surface area contributed by atoms with Gasteiger partial charge in [-0.25, -0.2) is 19.0 Å². The summed E-state index contributed by atoms with van der Waals surface area (Å²) in [6.07, 6.45) is 1.72. The van der Waals surface area contributed by atoms with E-state index in [2.05, 4.69) is 0 Å². The van der Waals surface area contributed by atoms with Crippen molar-refractivity contribution in [2.75, 3.05) is 19.8 Å². The minimum atomic E-state index is -0.892. The van der Waals surface area contributed by atoms with Gasteiger partial charge in [-0.05, 0) is 55.3 Å². The molecule has 0 N–H and O–H groups in total. The van der Waals surface area contributed by atoms with E-state index in [1.807, 2.05) is 30.3 Å². The second kappa shape index (κ2) is 12.8. The smallest absolute Gasteiger partial charge is 0.344 e. The van der Waals surface area contributed by atoms with Crippen molar-refractivity contribution >= 4 is 35.0 Å². The lowest BCUT2D eigenvalue weighted by Gasteiger charge is -2.25. The Bertz CT molecular complexity index is 1810. The molecule has 0 aliphatic carbocycles. The van der Waals surface area contributed by atoms with Gasteiger partial charge in [-0.3, -0.25) is 9.36 Å². The van der Waals surface area contributed by atoms with Crippen molar-refractivity contribution in [3.05, 3.63) is 127 Å². The molecule has 1 aliphatic heterocycles. The van der Waals surface area contributed by atoms with Gasteiger partial charge in [-0.2, -0.15) is 0 Å². The van der Waals surface area contributed by atoms with E-state index in [0.717, 1.165) is 5.56 Å². The van der Waals surface area contributed by atoms with E-state index in [0.29, 0.717) is 31.9 Å². The molecule has 0 unspecified atom stereocenters. The van der Waals surface area contributed by atoms with Gasteiger partial charge in [0, 0.05) is 5.56 Å². The molecule has 0 fully saturated rings. The van der Waals surface area contributed by atoms with Crippen LogP contribution >= 0.6 is 11.3 Å². The summed E-state index contributed by atoms with van der Waals surface area (Å²) in [4.78, 5) is 44.1. The molecule has 42 heavy (non-hydrogen) atoms. The van der Waals surface area contributed by atoms with E-state index in [-0.39, 0.29) is 31.0 Å². The van der Waals surface area contributed by atoms with E-state index in [4.69, 9.17) is 19.2 Å². The summed E-state index contributed by atoms with van der Waals surface area (Å²) in [7, 11) is 0. The summed E-state index contributed by atoms with van der Waals surface area (Å²) >= 11 is 1.18. The van der Waals surface area contributed by atoms with Crippen LogP contribution in [-0.2, 0) is 19.1 Å². The number of carbonyl (C=O) groups excluding carboxylic acids is 2. The zero-order valence-corrected chi connectivity index (χ0v) is 23.7. The number of rotatable bonds is 9. The van der Waals surface area contributed by atoms with Crippen LogP contribution in [0.2, 0.25) is 0 Å². The van der Waals surface area contributed by atoms with Gasteiger partial charge in [-0.1, -0.05) is 65.9 Å². The Morgan fingerprint density at radius 1 is 0.952 bits per heavy atom. The number of nitrogens with zero attached hydrogens (tertiary/aromatic N) is 2. The fourth-order valence-corrected chi connectivity index (χ4v) is 5.56. The predicted octanol–water partition coefficient (Wildman–Crippen LogP) is 4.02. The maximum absolute atomic E-state index is 13.9. The quantitative estimate of drug-likeness (QED) is 0.275. The monoisotopic (exact) mass is 586 g/mol. The van der Waals surface area contributed by atoms with Gasteiger partial charge < -0.3 is 14.2 Å². The number of fused-ring (bicyclic) bond motifs is 1. The van der Waals surface area contributed by atoms with Gasteiger partial charge in [-0.15, -0.1) is 0 Å². The van der Waals surface area contributed by atoms with Crippen molar-refractivity contribution in [1.82, 2.24) is 4.57 Å². The van der Waals surface area contributed by atoms with Gasteiger partial charge in [0.05, 0.1) is 35.1 Å². The summed E-state index contributed by atoms with van der Waals surface area (Å²) in [6, 6.07) is 20.9. The molecule has 0 saturated carbocycles. The van der Waals surface area contributed by atoms with Crippen LogP contribution in [0, 0.1) is 5.82 Å². The average molecular weight is 587 g/mol. The number of halogens is 1. The SMILES string of the molecule is CCOC(=O)COc1ccc(C=c2sc3n(c2=O)[C@@H](c2ccc(F)cc2)C(C(=O)OCC)=C(c2ccccc2)N=3)cc1. The third-order valence-corrected chi connectivity index (χ3v) is 7.38. The van der Waals surface area contributed by atoms with E-state index in [9.17, 15) is 18.8 Å². The lowest BCUT2D eigenvalue weighted by Crippen LogP contribution is -2.40. The number of aromatic nitrogens is 1. The fraction of sp³-hybridized carbons (Fsp3) is 0.188. The molecular formula is C32H27FN2O6S. The first kappa shape index (κ1) is 28.7. The summed E-state index contributed by atoms with van der Waals surface area (Å²) in [5.74, 6) is -1.03. The molecule has 10 heteroatoms. The molecule has 4 aromatic rings. The largest absolute Gasteiger partial charge is 0.482 e. The molecule has 1 atom stereocenters. The molecular weight excluding hydrogens is 559 g/mol. The van der Waals surface area contributed by atoms with Crippen molar-refractivity contribution < 1.29 is 28.2 Å². The Labute approximate surface area is 244 Å². The van der Waals surface area contributed by atoms with Crippen molar-refractivity contribution in [2.45, 2.75) is 19.9 Å². The molecule has 0 saturated heterocycles. The number of esters is 2. The number of thiazole rings is 1. The van der Waals surface area contributed by atoms with Gasteiger partial charge in [0.25, 0.3) is 5.56 Å². The first-order valence-electron chi connectivity index (χ1n) is 13.3. The summed E-state index contributed by atoms with van der Waals surface area (Å²) in [5, 5.41) is 0. The average Bonchev–Trinajstić information content (AvgIpc) is 3.31. The lowest BCUT2D eigenvalue weighted by atomic mass is 9.93. The minimum absolute atomic E-state index is 0.129. The maximum Gasteiger partial charge on any atom is 0.344 e. The van der Waals surface area contributed by atoms with E-state index in [1.54, 1.807) is 56.3 Å². The molecule has 1 aromatic heterocycles. The Morgan fingerprint density at radius 2 is 1.64 bits per heavy atom. The van der Waals surface area contributed by atoms with Crippen LogP contribution < -0.4 is 19.6 Å². The highest BCUT2D eigenvalue weighted by molar-refractivity contribution is 7.07. The van der Waals surface area contributed by atoms with Crippen molar-refractivity contribution in [1.29, 1.82) is 0 Å². The first-order valence-corrected chi connectivity index (χ1v) is 14.1. The van der Waals surface area contributed by atoms with Crippen molar-refractivity contribution in [2.24, 2.45) is 4.99 Å². The Kier molecular flexibility index (Phi) is 8.73. The van der Waals surface area contributed by atoms with Crippen molar-refractivity contribution in [3.8, 4) is 5.75 Å². The first-order chi connectivity index (χ1) is 20.4. The van der Waals surface area contributed by atoms with Gasteiger partial charge in [0.1, 0.15) is 11.6 Å². The summed E-state index contributed by atoms with van der Waals surface area (Å²) in [5.41, 5.74) is 2.16. The fourth-order valence-electron chi connectivity index (χ4n) is 4.56. The standard InChI is InChI=1S/C32H27FN2O6S/c1-3-39-26(36)19-41-24-16-10-20(11-17-24)18-25-30(37)35-29(22-12-14-23(33)15-13-22)27(31(38)40-4-2)28(34-32(35)42-25)21-8-6-5-7-9-21/h5-18,29H,3-4,19H2,1-2H3/t29-/m0/s1. The van der Waals surface area contributed by atoms with Crippen LogP contribution in [0.1, 0.15) is 36.6 Å². The molecule has 0 bridgehead atoms. The minimum Gasteiger partial charge on any atom is -0.482 e. The number of ether oxygens (including phenoxy) is 3. The lowest BCUT2D eigenvalue weighted by molar-refractivity contribution is -0.145. The third kappa shape index (κ3) is 6.08. The highest BCUT2D eigenvalue weighted by Crippen LogP contribution is 2.35. The summed E-state index contributed by atoms with van der Waals surface area (Å²) < 4.78 is 31.5. The zero-order chi connectivity index (χ0) is 29.6. The molecule has 5 rings (SSSR count). The van der Waals surface area contributed by atoms with E-state index >= 15 is 0 Å². The molecule has 3 aromatic carbocycles. The summed E-state index contributed by atoms with van der Waals surface area (Å²) in [6.45, 7) is 3.62. The molecule has 1 aliphatic rings. The van der Waals surface area contributed by atoms with Crippen LogP contribution in [0.15, 0.2) is 94.2 Å². The second-order valence-corrected chi connectivity index (χ2v) is 10.2. The Balaban J connectivity index is 1.63. The van der Waals surface area contributed by atoms with E-state index < -0.39 is 23.8 Å². The number of hydrogen-bond donors (Lipinski definition) is 0. The van der Waals surface area contributed by atoms with Gasteiger partial charge in [0.2, 0.25) is 0 Å². The van der Waals surface area contributed by atoms with Crippen LogP contribution in [0.4, 0.5) is 4.39 Å². The van der Waals surface area contributed by atoms with Crippen LogP contribution in [0.25, 0.3) is 11.8 Å². The topological polar surface area (TPSA) is 96.2 Å².